The zero-order valence-corrected chi connectivity index (χ0v) is 8.86. The summed E-state index contributed by atoms with van der Waals surface area (Å²) < 4.78 is 52.6. The normalized spacial score (nSPS) is 15.3. The molecule has 0 spiro atoms. The summed E-state index contributed by atoms with van der Waals surface area (Å²) in [6.45, 7) is -0.870. The van der Waals surface area contributed by atoms with Crippen LogP contribution in [0.15, 0.2) is 18.2 Å². The lowest BCUT2D eigenvalue weighted by atomic mass is 10.0. The van der Waals surface area contributed by atoms with Gasteiger partial charge >= 0.3 is 6.36 Å². The predicted molar refractivity (Wildman–Crippen MR) is 51.1 cm³/mol. The molecule has 1 aromatic carbocycles. The molecule has 2 atom stereocenters. The number of hydrogen-bond donors (Lipinski definition) is 3. The van der Waals surface area contributed by atoms with Gasteiger partial charge in [-0.2, -0.15) is 0 Å². The third-order valence-corrected chi connectivity index (χ3v) is 2.07. The molecule has 3 N–H and O–H groups in total. The third kappa shape index (κ3) is 3.83. The number of rotatable bonds is 4. The Balaban J connectivity index is 3.01. The lowest BCUT2D eigenvalue weighted by Gasteiger charge is -2.17. The average Bonchev–Trinajstić information content (AvgIpc) is 2.28. The topological polar surface area (TPSA) is 69.9 Å². The van der Waals surface area contributed by atoms with Crippen molar-refractivity contribution in [2.24, 2.45) is 0 Å². The van der Waals surface area contributed by atoms with E-state index in [0.717, 1.165) is 6.07 Å². The zero-order chi connectivity index (χ0) is 13.9. The van der Waals surface area contributed by atoms with Gasteiger partial charge in [-0.25, -0.2) is 4.39 Å². The first-order valence-electron chi connectivity index (χ1n) is 4.77. The molecule has 0 aliphatic heterocycles. The molecule has 0 saturated carbocycles. The van der Waals surface area contributed by atoms with Crippen LogP contribution in [0.25, 0.3) is 0 Å². The first-order valence-corrected chi connectivity index (χ1v) is 4.77. The summed E-state index contributed by atoms with van der Waals surface area (Å²) in [5.41, 5.74) is -0.599. The van der Waals surface area contributed by atoms with Gasteiger partial charge in [-0.05, 0) is 18.2 Å². The lowest BCUT2D eigenvalue weighted by molar-refractivity contribution is -0.274. The van der Waals surface area contributed by atoms with E-state index < -0.39 is 42.3 Å². The fourth-order valence-corrected chi connectivity index (χ4v) is 1.25. The van der Waals surface area contributed by atoms with Crippen LogP contribution in [-0.4, -0.2) is 34.4 Å². The maximum Gasteiger partial charge on any atom is 0.573 e. The molecule has 0 aromatic heterocycles. The Morgan fingerprint density at radius 3 is 2.33 bits per heavy atom. The quantitative estimate of drug-likeness (QED) is 0.717. The molecule has 0 amide bonds. The maximum atomic E-state index is 13.3. The molecule has 0 bridgehead atoms. The summed E-state index contributed by atoms with van der Waals surface area (Å²) >= 11 is 0. The van der Waals surface area contributed by atoms with Crippen LogP contribution in [0.1, 0.15) is 11.7 Å². The van der Waals surface area contributed by atoms with Crippen LogP contribution in [0.5, 0.6) is 5.75 Å². The molecule has 4 nitrogen and oxygen atoms in total. The molecule has 2 unspecified atom stereocenters. The summed E-state index contributed by atoms with van der Waals surface area (Å²) in [5, 5.41) is 27.1. The Bertz CT molecular complexity index is 407. The number of hydrogen-bond acceptors (Lipinski definition) is 4. The van der Waals surface area contributed by atoms with Crippen molar-refractivity contribution >= 4 is 0 Å². The van der Waals surface area contributed by atoms with Gasteiger partial charge in [0.05, 0.1) is 6.61 Å². The Hall–Kier alpha value is -1.38. The van der Waals surface area contributed by atoms with Crippen molar-refractivity contribution in [2.45, 2.75) is 18.6 Å². The second-order valence-corrected chi connectivity index (χ2v) is 3.43. The Labute approximate surface area is 99.0 Å². The maximum absolute atomic E-state index is 13.3. The fourth-order valence-electron chi connectivity index (χ4n) is 1.25. The summed E-state index contributed by atoms with van der Waals surface area (Å²) in [6, 6.07) is 1.99. The van der Waals surface area contributed by atoms with Crippen molar-refractivity contribution in [1.82, 2.24) is 0 Å². The van der Waals surface area contributed by atoms with Crippen LogP contribution >= 0.6 is 0 Å². The Morgan fingerprint density at radius 1 is 1.22 bits per heavy atom. The van der Waals surface area contributed by atoms with Gasteiger partial charge < -0.3 is 20.1 Å². The van der Waals surface area contributed by atoms with Crippen molar-refractivity contribution in [2.75, 3.05) is 6.61 Å². The van der Waals surface area contributed by atoms with Gasteiger partial charge in [0.2, 0.25) is 0 Å². The van der Waals surface area contributed by atoms with E-state index in [-0.39, 0.29) is 0 Å². The second-order valence-electron chi connectivity index (χ2n) is 3.43. The monoisotopic (exact) mass is 270 g/mol. The van der Waals surface area contributed by atoms with Crippen molar-refractivity contribution in [3.63, 3.8) is 0 Å². The minimum absolute atomic E-state index is 0.599. The smallest absolute Gasteiger partial charge is 0.406 e. The van der Waals surface area contributed by atoms with E-state index in [2.05, 4.69) is 4.74 Å². The van der Waals surface area contributed by atoms with Gasteiger partial charge in [-0.3, -0.25) is 0 Å². The summed E-state index contributed by atoms with van der Waals surface area (Å²) in [4.78, 5) is 0. The van der Waals surface area contributed by atoms with Gasteiger partial charge in [0.1, 0.15) is 23.8 Å². The van der Waals surface area contributed by atoms with E-state index in [4.69, 9.17) is 10.2 Å². The molecule has 0 fully saturated rings. The van der Waals surface area contributed by atoms with E-state index >= 15 is 0 Å². The highest BCUT2D eigenvalue weighted by atomic mass is 19.4. The van der Waals surface area contributed by atoms with Crippen LogP contribution in [0, 0.1) is 5.82 Å². The van der Waals surface area contributed by atoms with Crippen molar-refractivity contribution in [3.8, 4) is 5.75 Å². The minimum atomic E-state index is -4.95. The van der Waals surface area contributed by atoms with E-state index in [1.54, 1.807) is 0 Å². The van der Waals surface area contributed by atoms with Crippen LogP contribution in [0.4, 0.5) is 17.6 Å². The first-order chi connectivity index (χ1) is 8.24. The van der Waals surface area contributed by atoms with E-state index in [0.29, 0.717) is 12.1 Å². The molecule has 8 heteroatoms. The highest BCUT2D eigenvalue weighted by Gasteiger charge is 2.32. The molecule has 0 saturated heterocycles. The van der Waals surface area contributed by atoms with E-state index in [1.165, 1.54) is 0 Å². The molecule has 18 heavy (non-hydrogen) atoms. The Morgan fingerprint density at radius 2 is 1.83 bits per heavy atom. The van der Waals surface area contributed by atoms with Crippen LogP contribution in [0.3, 0.4) is 0 Å². The highest BCUT2D eigenvalue weighted by molar-refractivity contribution is 5.32. The number of alkyl halides is 3. The fraction of sp³-hybridized carbons (Fsp3) is 0.400. The van der Waals surface area contributed by atoms with Crippen molar-refractivity contribution in [3.05, 3.63) is 29.6 Å². The third-order valence-electron chi connectivity index (χ3n) is 2.07. The molecule has 0 aliphatic rings. The Kier molecular flexibility index (Phi) is 4.49. The van der Waals surface area contributed by atoms with Crippen molar-refractivity contribution in [1.29, 1.82) is 0 Å². The highest BCUT2D eigenvalue weighted by Crippen LogP contribution is 2.28. The van der Waals surface area contributed by atoms with Crippen LogP contribution in [0.2, 0.25) is 0 Å². The average molecular weight is 270 g/mol. The van der Waals surface area contributed by atoms with E-state index in [1.807, 2.05) is 0 Å². The largest absolute Gasteiger partial charge is 0.573 e. The summed E-state index contributed by atoms with van der Waals surface area (Å²) in [5.74, 6) is -1.76. The van der Waals surface area contributed by atoms with Gasteiger partial charge in [-0.15, -0.1) is 13.2 Å². The standard InChI is InChI=1S/C10H10F4O4/c11-7-2-1-5(18-10(12,13)14)3-6(7)9(17)8(16)4-15/h1-3,8-9,15-17H,4H2. The molecule has 0 aliphatic carbocycles. The SMILES string of the molecule is OCC(O)C(O)c1cc(OC(F)(F)F)ccc1F. The minimum Gasteiger partial charge on any atom is -0.406 e. The lowest BCUT2D eigenvalue weighted by Crippen LogP contribution is -2.23. The molecule has 102 valence electrons. The zero-order valence-electron chi connectivity index (χ0n) is 8.86. The van der Waals surface area contributed by atoms with Crippen molar-refractivity contribution < 1.29 is 37.6 Å². The van der Waals surface area contributed by atoms with Crippen LogP contribution in [-0.2, 0) is 0 Å². The number of ether oxygens (including phenoxy) is 1. The van der Waals surface area contributed by atoms with Crippen LogP contribution < -0.4 is 4.74 Å². The molecule has 0 heterocycles. The first kappa shape index (κ1) is 14.7. The number of halogens is 4. The number of aliphatic hydroxyl groups is 3. The van der Waals surface area contributed by atoms with E-state index in [9.17, 15) is 22.7 Å². The second kappa shape index (κ2) is 5.51. The predicted octanol–water partition coefficient (Wildman–Crippen LogP) is 1.11. The van der Waals surface area contributed by atoms with Gasteiger partial charge in [0.15, 0.2) is 0 Å². The van der Waals surface area contributed by atoms with Gasteiger partial charge in [0, 0.05) is 5.56 Å². The summed E-state index contributed by atoms with van der Waals surface area (Å²) in [7, 11) is 0. The molecular weight excluding hydrogens is 260 g/mol. The molecular formula is C10H10F4O4. The number of aliphatic hydroxyl groups excluding tert-OH is 3. The van der Waals surface area contributed by atoms with Gasteiger partial charge in [0.25, 0.3) is 0 Å². The van der Waals surface area contributed by atoms with Gasteiger partial charge in [-0.1, -0.05) is 0 Å². The summed E-state index contributed by atoms with van der Waals surface area (Å²) in [6.07, 6.45) is -8.51. The molecule has 1 aromatic rings. The molecule has 0 radical (unpaired) electrons. The molecule has 1 rings (SSSR count). The number of benzene rings is 1.